The Hall–Kier alpha value is -5.61. The van der Waals surface area contributed by atoms with E-state index >= 15 is 0 Å². The zero-order valence-electron chi connectivity index (χ0n) is 24.9. The summed E-state index contributed by atoms with van der Waals surface area (Å²) < 4.78 is 20.7. The lowest BCUT2D eigenvalue weighted by Crippen LogP contribution is -2.20. The Morgan fingerprint density at radius 2 is 1.73 bits per heavy atom. The maximum absolute atomic E-state index is 14.7. The Morgan fingerprint density at radius 3 is 2.60 bits per heavy atom. The van der Waals surface area contributed by atoms with Gasteiger partial charge < -0.3 is 19.9 Å². The Morgan fingerprint density at radius 1 is 0.844 bits per heavy atom. The van der Waals surface area contributed by atoms with Gasteiger partial charge in [0.15, 0.2) is 11.5 Å². The number of fused-ring (bicyclic) bond motifs is 2. The quantitative estimate of drug-likeness (QED) is 0.157. The summed E-state index contributed by atoms with van der Waals surface area (Å²) in [6, 6.07) is 26.6. The molecule has 0 amide bonds. The molecule has 0 aliphatic carbocycles. The number of anilines is 1. The third-order valence-corrected chi connectivity index (χ3v) is 7.50. The number of rotatable bonds is 10. The molecule has 45 heavy (non-hydrogen) atoms. The maximum atomic E-state index is 14.7. The van der Waals surface area contributed by atoms with Crippen molar-refractivity contribution in [1.29, 1.82) is 0 Å². The molecule has 7 aromatic rings. The van der Waals surface area contributed by atoms with Gasteiger partial charge in [-0.15, -0.1) is 0 Å². The van der Waals surface area contributed by atoms with Crippen LogP contribution in [0.5, 0.6) is 5.75 Å². The van der Waals surface area contributed by atoms with E-state index in [1.807, 2.05) is 86.9 Å². The van der Waals surface area contributed by atoms with Gasteiger partial charge >= 0.3 is 0 Å². The van der Waals surface area contributed by atoms with Crippen LogP contribution < -0.4 is 10.1 Å². The number of imidazole rings is 1. The number of H-pyrrole nitrogens is 2. The van der Waals surface area contributed by atoms with Crippen molar-refractivity contribution in [3.8, 4) is 39.7 Å². The lowest BCUT2D eigenvalue weighted by molar-refractivity contribution is 0.305. The largest absolute Gasteiger partial charge is 0.487 e. The van der Waals surface area contributed by atoms with E-state index in [1.165, 1.54) is 12.1 Å². The number of ether oxygens (including phenoxy) is 1. The number of hydrogen-bond acceptors (Lipinski definition) is 7. The minimum atomic E-state index is -0.313. The summed E-state index contributed by atoms with van der Waals surface area (Å²) in [5.74, 6) is 0.905. The number of para-hydroxylation sites is 1. The van der Waals surface area contributed by atoms with Crippen molar-refractivity contribution in [3.63, 3.8) is 0 Å². The van der Waals surface area contributed by atoms with E-state index in [9.17, 15) is 4.39 Å². The molecule has 0 aliphatic heterocycles. The summed E-state index contributed by atoms with van der Waals surface area (Å²) in [5, 5.41) is 10.9. The molecule has 0 radical (unpaired) electrons. The number of nitrogens with one attached hydrogen (secondary N) is 3. The zero-order valence-corrected chi connectivity index (χ0v) is 24.9. The van der Waals surface area contributed by atoms with Gasteiger partial charge in [0.2, 0.25) is 0 Å². The number of pyridine rings is 2. The predicted octanol–water partition coefficient (Wildman–Crippen LogP) is 6.92. The highest BCUT2D eigenvalue weighted by molar-refractivity contribution is 5.96. The number of hydrogen-bond donors (Lipinski definition) is 3. The highest BCUT2D eigenvalue weighted by Gasteiger charge is 2.18. The first-order valence-electron chi connectivity index (χ1n) is 14.7. The average Bonchev–Trinajstić information content (AvgIpc) is 3.68. The van der Waals surface area contributed by atoms with Crippen molar-refractivity contribution >= 4 is 27.8 Å². The number of aromatic nitrogens is 6. The molecule has 10 heteroatoms. The number of halogens is 1. The second kappa shape index (κ2) is 12.2. The smallest absolute Gasteiger partial charge is 0.161 e. The lowest BCUT2D eigenvalue weighted by atomic mass is 10.0. The molecule has 0 unspecified atom stereocenters. The molecular weight excluding hydrogens is 567 g/mol. The second-order valence-electron chi connectivity index (χ2n) is 11.1. The third kappa shape index (κ3) is 6.09. The van der Waals surface area contributed by atoms with Crippen LogP contribution in [-0.4, -0.2) is 62.2 Å². The van der Waals surface area contributed by atoms with Crippen molar-refractivity contribution in [2.24, 2.45) is 0 Å². The van der Waals surface area contributed by atoms with Gasteiger partial charge in [-0.3, -0.25) is 10.1 Å². The first-order chi connectivity index (χ1) is 22.0. The van der Waals surface area contributed by atoms with E-state index in [4.69, 9.17) is 14.7 Å². The Balaban J connectivity index is 1.20. The van der Waals surface area contributed by atoms with Crippen molar-refractivity contribution in [2.45, 2.75) is 6.61 Å². The summed E-state index contributed by atoms with van der Waals surface area (Å²) in [6.07, 6.45) is 3.46. The molecule has 0 aliphatic rings. The average molecular weight is 599 g/mol. The standard InChI is InChI=1S/C35H31FN8O/c1-44(2)14-13-38-26-16-23(15-25(36)18-26)28-9-6-10-30-32(28)41-35(40-30)34-33-31(42-43-34)12-11-29(39-33)24-17-27(20-37-19-24)45-21-22-7-4-3-5-8-22/h3-12,15-20,38H,13-14,21H2,1-2H3,(H,40,41)(H,42,43). The number of likely N-dealkylation sites (N-methyl/N-ethyl adjacent to an activating group) is 1. The molecule has 0 saturated heterocycles. The van der Waals surface area contributed by atoms with Crippen molar-refractivity contribution in [1.82, 2.24) is 35.0 Å². The van der Waals surface area contributed by atoms with Gasteiger partial charge in [-0.05, 0) is 67.7 Å². The van der Waals surface area contributed by atoms with Crippen molar-refractivity contribution in [3.05, 3.63) is 109 Å². The lowest BCUT2D eigenvalue weighted by Gasteiger charge is -2.13. The van der Waals surface area contributed by atoms with Crippen LogP contribution in [-0.2, 0) is 6.61 Å². The third-order valence-electron chi connectivity index (χ3n) is 7.50. The topological polar surface area (TPSA) is 108 Å². The van der Waals surface area contributed by atoms with E-state index in [1.54, 1.807) is 12.4 Å². The fourth-order valence-corrected chi connectivity index (χ4v) is 5.25. The molecule has 0 bridgehead atoms. The fourth-order valence-electron chi connectivity index (χ4n) is 5.25. The number of aromatic amines is 2. The van der Waals surface area contributed by atoms with Gasteiger partial charge in [0.05, 0.1) is 28.4 Å². The second-order valence-corrected chi connectivity index (χ2v) is 11.1. The molecule has 7 rings (SSSR count). The molecule has 4 heterocycles. The van der Waals surface area contributed by atoms with Gasteiger partial charge in [0, 0.05) is 36.1 Å². The molecule has 4 aromatic heterocycles. The fraction of sp³-hybridized carbons (Fsp3) is 0.143. The Labute approximate surface area is 259 Å². The van der Waals surface area contributed by atoms with Gasteiger partial charge in [-0.25, -0.2) is 14.4 Å². The molecule has 224 valence electrons. The molecule has 0 fully saturated rings. The van der Waals surface area contributed by atoms with E-state index in [0.29, 0.717) is 35.9 Å². The van der Waals surface area contributed by atoms with E-state index in [0.717, 1.165) is 56.7 Å². The van der Waals surface area contributed by atoms with Gasteiger partial charge in [-0.1, -0.05) is 42.5 Å². The monoisotopic (exact) mass is 598 g/mol. The van der Waals surface area contributed by atoms with E-state index in [2.05, 4.69) is 30.4 Å². The highest BCUT2D eigenvalue weighted by Crippen LogP contribution is 2.33. The van der Waals surface area contributed by atoms with Gasteiger partial charge in [0.1, 0.15) is 23.7 Å². The van der Waals surface area contributed by atoms with Crippen LogP contribution in [0.25, 0.3) is 56.0 Å². The highest BCUT2D eigenvalue weighted by atomic mass is 19.1. The van der Waals surface area contributed by atoms with Crippen LogP contribution >= 0.6 is 0 Å². The normalized spacial score (nSPS) is 11.5. The zero-order chi connectivity index (χ0) is 30.8. The van der Waals surface area contributed by atoms with Crippen LogP contribution in [0.15, 0.2) is 97.3 Å². The minimum absolute atomic E-state index is 0.313. The van der Waals surface area contributed by atoms with Crippen molar-refractivity contribution in [2.75, 3.05) is 32.5 Å². The summed E-state index contributed by atoms with van der Waals surface area (Å²) in [7, 11) is 4.01. The summed E-state index contributed by atoms with van der Waals surface area (Å²) in [5.41, 5.74) is 8.47. The van der Waals surface area contributed by atoms with Crippen LogP contribution in [0.2, 0.25) is 0 Å². The number of nitrogens with zero attached hydrogens (tertiary/aromatic N) is 5. The molecule has 9 nitrogen and oxygen atoms in total. The summed E-state index contributed by atoms with van der Waals surface area (Å²) in [6.45, 7) is 1.98. The first-order valence-corrected chi connectivity index (χ1v) is 14.7. The van der Waals surface area contributed by atoms with Crippen LogP contribution in [0.4, 0.5) is 10.1 Å². The van der Waals surface area contributed by atoms with E-state index in [-0.39, 0.29) is 5.82 Å². The predicted molar refractivity (Wildman–Crippen MR) is 175 cm³/mol. The van der Waals surface area contributed by atoms with Crippen LogP contribution in [0.1, 0.15) is 5.56 Å². The van der Waals surface area contributed by atoms with Crippen molar-refractivity contribution < 1.29 is 9.13 Å². The molecule has 0 saturated carbocycles. The molecule has 0 spiro atoms. The Kier molecular flexibility index (Phi) is 7.62. The Bertz CT molecular complexity index is 2100. The first kappa shape index (κ1) is 28.2. The maximum Gasteiger partial charge on any atom is 0.161 e. The van der Waals surface area contributed by atoms with Gasteiger partial charge in [-0.2, -0.15) is 5.10 Å². The molecule has 3 aromatic carbocycles. The summed E-state index contributed by atoms with van der Waals surface area (Å²) in [4.78, 5) is 19.7. The number of benzene rings is 3. The minimum Gasteiger partial charge on any atom is -0.487 e. The van der Waals surface area contributed by atoms with E-state index < -0.39 is 0 Å². The van der Waals surface area contributed by atoms with Crippen LogP contribution in [0, 0.1) is 5.82 Å². The SMILES string of the molecule is CN(C)CCNc1cc(F)cc(-c2cccc3[nH]c(-c4n[nH]c5ccc(-c6cncc(OCc7ccccc7)c6)nc45)nc23)c1. The molecule has 3 N–H and O–H groups in total. The van der Waals surface area contributed by atoms with Crippen LogP contribution in [0.3, 0.4) is 0 Å². The molecular formula is C35H31FN8O. The van der Waals surface area contributed by atoms with Gasteiger partial charge in [0.25, 0.3) is 0 Å². The summed E-state index contributed by atoms with van der Waals surface area (Å²) >= 11 is 0. The molecule has 0 atom stereocenters.